The molecular weight excluding hydrogens is 620 g/mol. The van der Waals surface area contributed by atoms with Gasteiger partial charge in [-0.3, -0.25) is 19.4 Å². The number of sulfonamides is 1. The maximum Gasteiger partial charge on any atom is 0.261 e. The number of rotatable bonds is 10. The maximum atomic E-state index is 14.4. The Morgan fingerprint density at radius 2 is 1.83 bits per heavy atom. The average Bonchev–Trinajstić information content (AvgIpc) is 3.06. The highest BCUT2D eigenvalue weighted by Crippen LogP contribution is 2.30. The lowest BCUT2D eigenvalue weighted by atomic mass is 10.0. The van der Waals surface area contributed by atoms with Gasteiger partial charge in [-0.1, -0.05) is 6.92 Å². The number of likely N-dealkylation sites (N-methyl/N-ethyl adjacent to an activating group) is 1. The molecule has 0 spiro atoms. The fraction of sp³-hybridized carbons (Fsp3) is 0.486. The number of aliphatic hydroxyl groups excluding tert-OH is 1. The molecule has 2 N–H and O–H groups in total. The SMILES string of the molecule is COc1ccc(S(=O)(=O)Nc2ccc3c(c2)C(=O)N([C@@H](C)CO)C[C@H](C)[C@H](CN(C)Cc2ccncc2)OCCCC[C@@H](C)O3)cc1. The van der Waals surface area contributed by atoms with Crippen LogP contribution < -0.4 is 14.2 Å². The number of aromatic nitrogens is 1. The molecule has 256 valence electrons. The minimum atomic E-state index is -3.96. The largest absolute Gasteiger partial charge is 0.497 e. The second-order valence-corrected chi connectivity index (χ2v) is 14.0. The first-order chi connectivity index (χ1) is 22.5. The van der Waals surface area contributed by atoms with E-state index in [2.05, 4.69) is 21.5 Å². The summed E-state index contributed by atoms with van der Waals surface area (Å²) in [6, 6.07) is 14.2. The summed E-state index contributed by atoms with van der Waals surface area (Å²) in [4.78, 5) is 22.4. The lowest BCUT2D eigenvalue weighted by molar-refractivity contribution is -0.0177. The second-order valence-electron chi connectivity index (χ2n) is 12.3. The first-order valence-corrected chi connectivity index (χ1v) is 17.6. The topological polar surface area (TPSA) is 131 Å². The number of methoxy groups -OCH3 is 1. The molecular formula is C35H48N4O7S. The van der Waals surface area contributed by atoms with Crippen LogP contribution in [0.15, 0.2) is 71.9 Å². The number of anilines is 1. The van der Waals surface area contributed by atoms with Crippen LogP contribution in [0.25, 0.3) is 0 Å². The van der Waals surface area contributed by atoms with Crippen molar-refractivity contribution >= 4 is 21.6 Å². The second kappa shape index (κ2) is 16.9. The van der Waals surface area contributed by atoms with E-state index in [0.717, 1.165) is 31.4 Å². The highest BCUT2D eigenvalue weighted by atomic mass is 32.2. The molecule has 2 heterocycles. The lowest BCUT2D eigenvalue weighted by Crippen LogP contribution is -2.47. The summed E-state index contributed by atoms with van der Waals surface area (Å²) in [5, 5.41) is 10.2. The van der Waals surface area contributed by atoms with Gasteiger partial charge in [-0.15, -0.1) is 0 Å². The molecule has 47 heavy (non-hydrogen) atoms. The van der Waals surface area contributed by atoms with Gasteiger partial charge in [-0.2, -0.15) is 0 Å². The summed E-state index contributed by atoms with van der Waals surface area (Å²) >= 11 is 0. The average molecular weight is 669 g/mol. The van der Waals surface area contributed by atoms with Crippen molar-refractivity contribution in [3.05, 3.63) is 78.1 Å². The van der Waals surface area contributed by atoms with E-state index in [0.29, 0.717) is 31.2 Å². The monoisotopic (exact) mass is 668 g/mol. The number of nitrogens with zero attached hydrogens (tertiary/aromatic N) is 3. The Morgan fingerprint density at radius 3 is 2.51 bits per heavy atom. The van der Waals surface area contributed by atoms with Gasteiger partial charge in [0.05, 0.1) is 42.4 Å². The molecule has 0 saturated carbocycles. The van der Waals surface area contributed by atoms with E-state index in [-0.39, 0.29) is 46.8 Å². The Labute approximate surface area is 278 Å². The van der Waals surface area contributed by atoms with Crippen LogP contribution in [-0.2, 0) is 21.3 Å². The number of benzene rings is 2. The van der Waals surface area contributed by atoms with Gasteiger partial charge < -0.3 is 24.2 Å². The molecule has 0 aliphatic carbocycles. The third kappa shape index (κ3) is 10.1. The molecule has 3 aromatic rings. The van der Waals surface area contributed by atoms with E-state index in [1.165, 1.54) is 25.3 Å². The minimum absolute atomic E-state index is 0.0545. The van der Waals surface area contributed by atoms with E-state index >= 15 is 0 Å². The molecule has 1 aromatic heterocycles. The third-order valence-corrected chi connectivity index (χ3v) is 9.76. The Bertz CT molecular complexity index is 1540. The summed E-state index contributed by atoms with van der Waals surface area (Å²) in [5.41, 5.74) is 1.57. The number of nitrogens with one attached hydrogen (secondary N) is 1. The summed E-state index contributed by atoms with van der Waals surface area (Å²) in [5.74, 6) is 0.440. The van der Waals surface area contributed by atoms with Crippen molar-refractivity contribution in [3.8, 4) is 11.5 Å². The molecule has 1 aliphatic heterocycles. The van der Waals surface area contributed by atoms with E-state index in [1.54, 1.807) is 48.5 Å². The number of ether oxygens (including phenoxy) is 3. The van der Waals surface area contributed by atoms with Gasteiger partial charge in [-0.05, 0) is 100 Å². The summed E-state index contributed by atoms with van der Waals surface area (Å²) in [6.07, 6.45) is 5.68. The number of hydrogen-bond donors (Lipinski definition) is 2. The zero-order chi connectivity index (χ0) is 34.0. The Balaban J connectivity index is 1.64. The quantitative estimate of drug-likeness (QED) is 0.312. The number of aliphatic hydroxyl groups is 1. The Hall–Kier alpha value is -3.71. The van der Waals surface area contributed by atoms with Crippen LogP contribution in [0.2, 0.25) is 0 Å². The van der Waals surface area contributed by atoms with Gasteiger partial charge >= 0.3 is 0 Å². The molecule has 1 aliphatic rings. The van der Waals surface area contributed by atoms with E-state index < -0.39 is 16.1 Å². The predicted octanol–water partition coefficient (Wildman–Crippen LogP) is 4.82. The van der Waals surface area contributed by atoms with Crippen molar-refractivity contribution in [2.24, 2.45) is 5.92 Å². The number of carbonyl (C=O) groups excluding carboxylic acids is 1. The zero-order valence-corrected chi connectivity index (χ0v) is 28.8. The molecule has 2 aromatic carbocycles. The van der Waals surface area contributed by atoms with Gasteiger partial charge in [0, 0.05) is 50.2 Å². The van der Waals surface area contributed by atoms with E-state index in [9.17, 15) is 18.3 Å². The zero-order valence-electron chi connectivity index (χ0n) is 28.0. The number of carbonyl (C=O) groups is 1. The summed E-state index contributed by atoms with van der Waals surface area (Å²) < 4.78 is 47.0. The molecule has 0 fully saturated rings. The summed E-state index contributed by atoms with van der Waals surface area (Å²) in [6.45, 7) is 7.82. The molecule has 4 rings (SSSR count). The molecule has 1 amide bonds. The molecule has 11 nitrogen and oxygen atoms in total. The van der Waals surface area contributed by atoms with Gasteiger partial charge in [0.2, 0.25) is 0 Å². The molecule has 12 heteroatoms. The van der Waals surface area contributed by atoms with Crippen LogP contribution in [0.5, 0.6) is 11.5 Å². The third-order valence-electron chi connectivity index (χ3n) is 8.37. The number of fused-ring (bicyclic) bond motifs is 1. The minimum Gasteiger partial charge on any atom is -0.497 e. The highest BCUT2D eigenvalue weighted by Gasteiger charge is 2.30. The Kier molecular flexibility index (Phi) is 13.0. The van der Waals surface area contributed by atoms with Crippen LogP contribution >= 0.6 is 0 Å². The van der Waals surface area contributed by atoms with Crippen molar-refractivity contribution in [1.82, 2.24) is 14.8 Å². The number of pyridine rings is 1. The lowest BCUT2D eigenvalue weighted by Gasteiger charge is -2.36. The first-order valence-electron chi connectivity index (χ1n) is 16.1. The number of hydrogen-bond acceptors (Lipinski definition) is 9. The van der Waals surface area contributed by atoms with Crippen molar-refractivity contribution < 1.29 is 32.5 Å². The fourth-order valence-corrected chi connectivity index (χ4v) is 6.64. The summed E-state index contributed by atoms with van der Waals surface area (Å²) in [7, 11) is -0.408. The number of amides is 1. The van der Waals surface area contributed by atoms with Gasteiger partial charge in [0.15, 0.2) is 0 Å². The van der Waals surface area contributed by atoms with Crippen molar-refractivity contribution in [2.45, 2.75) is 69.7 Å². The highest BCUT2D eigenvalue weighted by molar-refractivity contribution is 7.92. The standard InChI is InChI=1S/C35H48N4O7S/c1-25-21-39(26(2)24-40)35(41)32-20-29(37-47(42,43)31-12-10-30(44-5)11-13-31)9-14-33(32)46-27(3)8-6-7-19-45-34(25)23-38(4)22-28-15-17-36-18-16-28/h9-18,20,25-27,34,37,40H,6-8,19,21-24H2,1-5H3/t25-,26-,27+,34-/m0/s1. The smallest absolute Gasteiger partial charge is 0.261 e. The van der Waals surface area contributed by atoms with Crippen LogP contribution in [0, 0.1) is 5.92 Å². The van der Waals surface area contributed by atoms with Crippen LogP contribution in [0.3, 0.4) is 0 Å². The molecule has 0 saturated heterocycles. The van der Waals surface area contributed by atoms with Crippen molar-refractivity contribution in [2.75, 3.05) is 45.2 Å². The van der Waals surface area contributed by atoms with E-state index in [4.69, 9.17) is 14.2 Å². The van der Waals surface area contributed by atoms with Crippen LogP contribution in [-0.4, -0.2) is 92.9 Å². The van der Waals surface area contributed by atoms with E-state index in [1.807, 2.05) is 26.1 Å². The fourth-order valence-electron chi connectivity index (χ4n) is 5.59. The Morgan fingerprint density at radius 1 is 1.11 bits per heavy atom. The van der Waals surface area contributed by atoms with Gasteiger partial charge in [-0.25, -0.2) is 8.42 Å². The normalized spacial score (nSPS) is 20.5. The molecule has 0 radical (unpaired) electrons. The first kappa shape index (κ1) is 36.1. The predicted molar refractivity (Wildman–Crippen MR) is 181 cm³/mol. The van der Waals surface area contributed by atoms with Crippen molar-refractivity contribution in [1.29, 1.82) is 0 Å². The molecule has 0 bridgehead atoms. The molecule has 4 atom stereocenters. The van der Waals surface area contributed by atoms with Gasteiger partial charge in [0.25, 0.3) is 15.9 Å². The molecule has 0 unspecified atom stereocenters. The van der Waals surface area contributed by atoms with Crippen molar-refractivity contribution in [3.63, 3.8) is 0 Å². The van der Waals surface area contributed by atoms with Gasteiger partial charge in [0.1, 0.15) is 11.5 Å². The van der Waals surface area contributed by atoms with Crippen LogP contribution in [0.1, 0.15) is 56.0 Å². The maximum absolute atomic E-state index is 14.4. The van der Waals surface area contributed by atoms with Crippen LogP contribution in [0.4, 0.5) is 5.69 Å².